The summed E-state index contributed by atoms with van der Waals surface area (Å²) in [4.78, 5) is 15.6. The molecule has 0 fully saturated rings. The van der Waals surface area contributed by atoms with E-state index in [4.69, 9.17) is 0 Å². The Morgan fingerprint density at radius 3 is 2.21 bits per heavy atom. The van der Waals surface area contributed by atoms with Crippen LogP contribution in [0.4, 0.5) is 5.69 Å². The van der Waals surface area contributed by atoms with Gasteiger partial charge in [0.15, 0.2) is 5.78 Å². The highest BCUT2D eigenvalue weighted by Gasteiger charge is 2.21. The van der Waals surface area contributed by atoms with Gasteiger partial charge < -0.3 is 4.90 Å². The molecule has 0 spiro atoms. The molecule has 3 aromatic rings. The van der Waals surface area contributed by atoms with Gasteiger partial charge in [0.25, 0.3) is 0 Å². The van der Waals surface area contributed by atoms with Crippen LogP contribution in [0.2, 0.25) is 0 Å². The van der Waals surface area contributed by atoms with Crippen molar-refractivity contribution in [1.29, 1.82) is 0 Å². The van der Waals surface area contributed by atoms with Crippen molar-refractivity contribution < 1.29 is 4.79 Å². The maximum atomic E-state index is 13.3. The minimum Gasteiger partial charge on any atom is -0.371 e. The third-order valence-electron chi connectivity index (χ3n) is 4.56. The summed E-state index contributed by atoms with van der Waals surface area (Å²) in [5.41, 5.74) is 3.77. The van der Waals surface area contributed by atoms with E-state index in [0.29, 0.717) is 0 Å². The molecule has 0 amide bonds. The smallest absolute Gasteiger partial charge is 0.195 e. The monoisotopic (exact) mass is 317 g/mol. The number of hydrogen-bond acceptors (Lipinski definition) is 2. The number of fused-ring (bicyclic) bond motifs is 1. The number of rotatable bonds is 5. The van der Waals surface area contributed by atoms with Crippen LogP contribution in [-0.4, -0.2) is 18.9 Å². The van der Waals surface area contributed by atoms with Gasteiger partial charge in [0, 0.05) is 18.7 Å². The zero-order chi connectivity index (χ0) is 17.1. The second-order valence-corrected chi connectivity index (χ2v) is 6.01. The fourth-order valence-electron chi connectivity index (χ4n) is 3.39. The van der Waals surface area contributed by atoms with Crippen molar-refractivity contribution in [2.24, 2.45) is 0 Å². The molecule has 122 valence electrons. The van der Waals surface area contributed by atoms with Gasteiger partial charge in [-0.05, 0) is 43.2 Å². The quantitative estimate of drug-likeness (QED) is 0.601. The summed E-state index contributed by atoms with van der Waals surface area (Å²) in [6.45, 7) is 8.13. The first-order valence-electron chi connectivity index (χ1n) is 8.54. The van der Waals surface area contributed by atoms with E-state index in [1.54, 1.807) is 0 Å². The molecule has 0 N–H and O–H groups in total. The van der Waals surface area contributed by atoms with Gasteiger partial charge >= 0.3 is 0 Å². The molecular formula is C22H23NO. The molecule has 0 saturated carbocycles. The number of aryl methyl sites for hydroxylation is 1. The van der Waals surface area contributed by atoms with Crippen LogP contribution in [0, 0.1) is 6.92 Å². The van der Waals surface area contributed by atoms with Crippen LogP contribution < -0.4 is 4.90 Å². The first-order chi connectivity index (χ1) is 11.7. The molecule has 0 aliphatic heterocycles. The lowest BCUT2D eigenvalue weighted by Crippen LogP contribution is -2.25. The molecule has 24 heavy (non-hydrogen) atoms. The second-order valence-electron chi connectivity index (χ2n) is 6.01. The van der Waals surface area contributed by atoms with Crippen molar-refractivity contribution in [2.45, 2.75) is 20.8 Å². The Morgan fingerprint density at radius 1 is 0.917 bits per heavy atom. The van der Waals surface area contributed by atoms with E-state index in [0.717, 1.165) is 46.2 Å². The first-order valence-corrected chi connectivity index (χ1v) is 8.54. The fourth-order valence-corrected chi connectivity index (χ4v) is 3.39. The van der Waals surface area contributed by atoms with Gasteiger partial charge in [-0.1, -0.05) is 54.6 Å². The van der Waals surface area contributed by atoms with Crippen LogP contribution >= 0.6 is 0 Å². The molecule has 0 unspecified atom stereocenters. The number of nitrogens with zero attached hydrogens (tertiary/aromatic N) is 1. The second kappa shape index (κ2) is 6.88. The van der Waals surface area contributed by atoms with Gasteiger partial charge in [-0.15, -0.1) is 0 Å². The number of anilines is 1. The molecule has 2 nitrogen and oxygen atoms in total. The number of hydrogen-bond donors (Lipinski definition) is 0. The molecule has 0 saturated heterocycles. The lowest BCUT2D eigenvalue weighted by atomic mass is 9.92. The predicted octanol–water partition coefficient (Wildman–Crippen LogP) is 5.23. The highest BCUT2D eigenvalue weighted by molar-refractivity contribution is 6.20. The Kier molecular flexibility index (Phi) is 4.66. The summed E-state index contributed by atoms with van der Waals surface area (Å²) in [5, 5.41) is 2.14. The topological polar surface area (TPSA) is 20.3 Å². The summed E-state index contributed by atoms with van der Waals surface area (Å²) in [6, 6.07) is 19.9. The molecule has 0 atom stereocenters. The number of benzene rings is 3. The Morgan fingerprint density at radius 2 is 1.54 bits per heavy atom. The lowest BCUT2D eigenvalue weighted by Gasteiger charge is -2.27. The van der Waals surface area contributed by atoms with Crippen LogP contribution in [0.15, 0.2) is 60.7 Å². The first kappa shape index (κ1) is 16.3. The Balaban J connectivity index is 2.34. The van der Waals surface area contributed by atoms with Crippen molar-refractivity contribution in [3.8, 4) is 0 Å². The zero-order valence-corrected chi connectivity index (χ0v) is 14.5. The molecular weight excluding hydrogens is 294 g/mol. The molecule has 0 heterocycles. The van der Waals surface area contributed by atoms with E-state index >= 15 is 0 Å². The van der Waals surface area contributed by atoms with Gasteiger partial charge in [0.2, 0.25) is 0 Å². The molecule has 3 aromatic carbocycles. The van der Waals surface area contributed by atoms with Crippen molar-refractivity contribution in [1.82, 2.24) is 0 Å². The summed E-state index contributed by atoms with van der Waals surface area (Å²) in [7, 11) is 0. The zero-order valence-electron chi connectivity index (χ0n) is 14.5. The Bertz CT molecular complexity index is 864. The van der Waals surface area contributed by atoms with Crippen LogP contribution in [0.1, 0.15) is 35.3 Å². The van der Waals surface area contributed by atoms with Crippen LogP contribution in [0.5, 0.6) is 0 Å². The summed E-state index contributed by atoms with van der Waals surface area (Å²) in [6.07, 6.45) is 0. The highest BCUT2D eigenvalue weighted by atomic mass is 16.1. The lowest BCUT2D eigenvalue weighted by molar-refractivity contribution is 0.104. The van der Waals surface area contributed by atoms with Gasteiger partial charge in [0.05, 0.1) is 11.3 Å². The maximum absolute atomic E-state index is 13.3. The van der Waals surface area contributed by atoms with Crippen LogP contribution in [0.3, 0.4) is 0 Å². The van der Waals surface area contributed by atoms with Crippen molar-refractivity contribution in [3.05, 3.63) is 77.4 Å². The predicted molar refractivity (Wildman–Crippen MR) is 102 cm³/mol. The average molecular weight is 317 g/mol. The average Bonchev–Trinajstić information content (AvgIpc) is 2.63. The highest BCUT2D eigenvalue weighted by Crippen LogP contribution is 2.34. The maximum Gasteiger partial charge on any atom is 0.195 e. The molecule has 0 aliphatic rings. The molecule has 0 radical (unpaired) electrons. The van der Waals surface area contributed by atoms with E-state index in [1.165, 1.54) is 0 Å². The molecule has 0 bridgehead atoms. The van der Waals surface area contributed by atoms with Crippen molar-refractivity contribution in [3.63, 3.8) is 0 Å². The summed E-state index contributed by atoms with van der Waals surface area (Å²) in [5.74, 6) is 0.0948. The van der Waals surface area contributed by atoms with E-state index in [1.807, 2.05) is 42.5 Å². The van der Waals surface area contributed by atoms with E-state index in [2.05, 4.69) is 43.9 Å². The molecule has 0 aromatic heterocycles. The molecule has 3 rings (SSSR count). The van der Waals surface area contributed by atoms with Crippen LogP contribution in [0.25, 0.3) is 10.8 Å². The number of carbonyl (C=O) groups excluding carboxylic acids is 1. The minimum atomic E-state index is 0.0948. The standard InChI is InChI=1S/C22H23NO/c1-4-23(5-2)21-16(3)15-18-13-9-10-14-19(18)20(21)22(24)17-11-7-6-8-12-17/h6-15H,4-5H2,1-3H3. The third-order valence-corrected chi connectivity index (χ3v) is 4.56. The van der Waals surface area contributed by atoms with E-state index in [9.17, 15) is 4.79 Å². The van der Waals surface area contributed by atoms with Crippen molar-refractivity contribution in [2.75, 3.05) is 18.0 Å². The number of ketones is 1. The third kappa shape index (κ3) is 2.80. The fraction of sp³-hybridized carbons (Fsp3) is 0.227. The van der Waals surface area contributed by atoms with Gasteiger partial charge in [0.1, 0.15) is 0 Å². The van der Waals surface area contributed by atoms with E-state index in [-0.39, 0.29) is 5.78 Å². The van der Waals surface area contributed by atoms with Crippen LogP contribution in [-0.2, 0) is 0 Å². The minimum absolute atomic E-state index is 0.0948. The summed E-state index contributed by atoms with van der Waals surface area (Å²) < 4.78 is 0. The van der Waals surface area contributed by atoms with E-state index < -0.39 is 0 Å². The molecule has 0 aliphatic carbocycles. The number of carbonyl (C=O) groups is 1. The Labute approximate surface area is 143 Å². The van der Waals surface area contributed by atoms with Gasteiger partial charge in [-0.3, -0.25) is 4.79 Å². The summed E-state index contributed by atoms with van der Waals surface area (Å²) >= 11 is 0. The van der Waals surface area contributed by atoms with Gasteiger partial charge in [-0.2, -0.15) is 0 Å². The van der Waals surface area contributed by atoms with Crippen molar-refractivity contribution >= 4 is 22.2 Å². The SMILES string of the molecule is CCN(CC)c1c(C)cc2ccccc2c1C(=O)c1ccccc1. The molecule has 2 heteroatoms. The Hall–Kier alpha value is -2.61. The normalized spacial score (nSPS) is 10.8. The van der Waals surface area contributed by atoms with Gasteiger partial charge in [-0.25, -0.2) is 0 Å². The largest absolute Gasteiger partial charge is 0.371 e.